The highest BCUT2D eigenvalue weighted by atomic mass is 16.5. The number of ether oxygens (including phenoxy) is 3. The summed E-state index contributed by atoms with van der Waals surface area (Å²) in [6.45, 7) is 10.3. The molecule has 1 aromatic carbocycles. The monoisotopic (exact) mass is 351 g/mol. The predicted molar refractivity (Wildman–Crippen MR) is 103 cm³/mol. The van der Waals surface area contributed by atoms with Crippen LogP contribution in [0.5, 0.6) is 5.75 Å². The number of rotatable bonds is 12. The lowest BCUT2D eigenvalue weighted by Gasteiger charge is -2.16. The number of benzene rings is 1. The van der Waals surface area contributed by atoms with Gasteiger partial charge in [0.25, 0.3) is 0 Å². The molecule has 1 rings (SSSR count). The molecule has 0 amide bonds. The van der Waals surface area contributed by atoms with Gasteiger partial charge in [-0.1, -0.05) is 18.2 Å². The summed E-state index contributed by atoms with van der Waals surface area (Å²) < 4.78 is 16.3. The van der Waals surface area contributed by atoms with E-state index in [9.17, 15) is 0 Å². The molecule has 0 saturated heterocycles. The van der Waals surface area contributed by atoms with Crippen LogP contribution in [-0.4, -0.2) is 58.6 Å². The maximum atomic E-state index is 5.96. The molecule has 0 aromatic heterocycles. The van der Waals surface area contributed by atoms with Gasteiger partial charge in [-0.2, -0.15) is 0 Å². The van der Waals surface area contributed by atoms with E-state index < -0.39 is 0 Å². The molecule has 2 N–H and O–H groups in total. The number of hydrogen-bond donors (Lipinski definition) is 2. The molecular formula is C19H33N3O3. The minimum Gasteiger partial charge on any atom is -0.489 e. The summed E-state index contributed by atoms with van der Waals surface area (Å²) in [5, 5.41) is 6.56. The zero-order chi connectivity index (χ0) is 18.3. The fourth-order valence-electron chi connectivity index (χ4n) is 2.13. The van der Waals surface area contributed by atoms with Crippen molar-refractivity contribution in [2.45, 2.75) is 33.3 Å². The van der Waals surface area contributed by atoms with Gasteiger partial charge in [-0.05, 0) is 38.8 Å². The summed E-state index contributed by atoms with van der Waals surface area (Å²) in [5.74, 6) is 1.72. The van der Waals surface area contributed by atoms with Gasteiger partial charge in [-0.15, -0.1) is 0 Å². The van der Waals surface area contributed by atoms with Gasteiger partial charge >= 0.3 is 0 Å². The second-order valence-corrected chi connectivity index (χ2v) is 5.80. The quantitative estimate of drug-likeness (QED) is 0.344. The SMILES string of the molecule is CCNC(=NCC(C)Oc1ccccc1C)NCCCOCCOC. The molecule has 0 heterocycles. The highest BCUT2D eigenvalue weighted by Crippen LogP contribution is 2.17. The number of methoxy groups -OCH3 is 1. The van der Waals surface area contributed by atoms with Crippen LogP contribution in [0, 0.1) is 6.92 Å². The van der Waals surface area contributed by atoms with Crippen molar-refractivity contribution in [3.63, 3.8) is 0 Å². The van der Waals surface area contributed by atoms with Crippen LogP contribution in [0.3, 0.4) is 0 Å². The Balaban J connectivity index is 2.32. The molecule has 0 saturated carbocycles. The van der Waals surface area contributed by atoms with Crippen LogP contribution in [0.15, 0.2) is 29.3 Å². The van der Waals surface area contributed by atoms with Gasteiger partial charge in [-0.3, -0.25) is 0 Å². The number of nitrogens with zero attached hydrogens (tertiary/aromatic N) is 1. The number of guanidine groups is 1. The van der Waals surface area contributed by atoms with Crippen molar-refractivity contribution in [2.24, 2.45) is 4.99 Å². The van der Waals surface area contributed by atoms with E-state index in [1.165, 1.54) is 0 Å². The van der Waals surface area contributed by atoms with Crippen molar-refractivity contribution in [3.05, 3.63) is 29.8 Å². The molecule has 1 atom stereocenters. The van der Waals surface area contributed by atoms with Crippen LogP contribution in [0.2, 0.25) is 0 Å². The zero-order valence-corrected chi connectivity index (χ0v) is 16.0. The van der Waals surface area contributed by atoms with Crippen LogP contribution >= 0.6 is 0 Å². The molecule has 6 heteroatoms. The molecule has 1 aromatic rings. The number of aliphatic imine (C=N–C) groups is 1. The lowest BCUT2D eigenvalue weighted by molar-refractivity contribution is 0.0698. The molecule has 0 aliphatic rings. The summed E-state index contributed by atoms with van der Waals surface area (Å²) in [4.78, 5) is 4.60. The summed E-state index contributed by atoms with van der Waals surface area (Å²) in [6, 6.07) is 8.03. The maximum Gasteiger partial charge on any atom is 0.191 e. The lowest BCUT2D eigenvalue weighted by Crippen LogP contribution is -2.38. The molecule has 0 aliphatic carbocycles. The van der Waals surface area contributed by atoms with Crippen LogP contribution < -0.4 is 15.4 Å². The Morgan fingerprint density at radius 3 is 2.68 bits per heavy atom. The molecule has 0 radical (unpaired) electrons. The highest BCUT2D eigenvalue weighted by Gasteiger charge is 2.06. The lowest BCUT2D eigenvalue weighted by atomic mass is 10.2. The van der Waals surface area contributed by atoms with Gasteiger partial charge in [0.15, 0.2) is 5.96 Å². The standard InChI is InChI=1S/C19H33N3O3/c1-5-20-19(21-11-8-12-24-14-13-23-4)22-15-17(3)25-18-10-7-6-9-16(18)2/h6-7,9-10,17H,5,8,11-15H2,1-4H3,(H2,20,21,22). The average Bonchev–Trinajstić information content (AvgIpc) is 2.60. The Hall–Kier alpha value is -1.79. The first-order valence-corrected chi connectivity index (χ1v) is 8.98. The van der Waals surface area contributed by atoms with Crippen molar-refractivity contribution in [3.8, 4) is 5.75 Å². The van der Waals surface area contributed by atoms with E-state index in [1.54, 1.807) is 7.11 Å². The maximum absolute atomic E-state index is 5.96. The van der Waals surface area contributed by atoms with E-state index in [0.717, 1.165) is 36.8 Å². The van der Waals surface area contributed by atoms with Crippen LogP contribution in [0.25, 0.3) is 0 Å². The Bertz CT molecular complexity index is 495. The third-order valence-corrected chi connectivity index (χ3v) is 3.46. The van der Waals surface area contributed by atoms with E-state index >= 15 is 0 Å². The predicted octanol–water partition coefficient (Wildman–Crippen LogP) is 2.37. The molecule has 6 nitrogen and oxygen atoms in total. The topological polar surface area (TPSA) is 64.1 Å². The fourth-order valence-corrected chi connectivity index (χ4v) is 2.13. The van der Waals surface area contributed by atoms with Crippen molar-refractivity contribution in [2.75, 3.05) is 46.6 Å². The smallest absolute Gasteiger partial charge is 0.191 e. The van der Waals surface area contributed by atoms with Crippen molar-refractivity contribution in [1.29, 1.82) is 0 Å². The van der Waals surface area contributed by atoms with Gasteiger partial charge in [0.05, 0.1) is 19.8 Å². The minimum atomic E-state index is 0.00827. The van der Waals surface area contributed by atoms with Gasteiger partial charge in [0.1, 0.15) is 11.9 Å². The number of nitrogens with one attached hydrogen (secondary N) is 2. The number of para-hydroxylation sites is 1. The fraction of sp³-hybridized carbons (Fsp3) is 0.632. The van der Waals surface area contributed by atoms with E-state index in [2.05, 4.69) is 22.5 Å². The second-order valence-electron chi connectivity index (χ2n) is 5.80. The molecular weight excluding hydrogens is 318 g/mol. The Kier molecular flexibility index (Phi) is 11.5. The Morgan fingerprint density at radius 2 is 1.96 bits per heavy atom. The van der Waals surface area contributed by atoms with Crippen LogP contribution in [-0.2, 0) is 9.47 Å². The number of hydrogen-bond acceptors (Lipinski definition) is 4. The normalized spacial score (nSPS) is 12.7. The average molecular weight is 351 g/mol. The van der Waals surface area contributed by atoms with Gasteiger partial charge in [-0.25, -0.2) is 4.99 Å². The zero-order valence-electron chi connectivity index (χ0n) is 16.0. The summed E-state index contributed by atoms with van der Waals surface area (Å²) in [5.41, 5.74) is 1.14. The number of aryl methyl sites for hydroxylation is 1. The van der Waals surface area contributed by atoms with E-state index in [1.807, 2.05) is 38.1 Å². The second kappa shape index (κ2) is 13.5. The highest BCUT2D eigenvalue weighted by molar-refractivity contribution is 5.79. The Labute approximate surface area is 152 Å². The molecule has 25 heavy (non-hydrogen) atoms. The molecule has 0 fully saturated rings. The van der Waals surface area contributed by atoms with Gasteiger partial charge in [0.2, 0.25) is 0 Å². The third kappa shape index (κ3) is 9.94. The van der Waals surface area contributed by atoms with Crippen molar-refractivity contribution in [1.82, 2.24) is 10.6 Å². The Morgan fingerprint density at radius 1 is 1.16 bits per heavy atom. The first-order chi connectivity index (χ1) is 12.2. The molecule has 0 spiro atoms. The summed E-state index contributed by atoms with van der Waals surface area (Å²) in [6.07, 6.45) is 0.928. The van der Waals surface area contributed by atoms with E-state index in [0.29, 0.717) is 26.4 Å². The first kappa shape index (κ1) is 21.3. The largest absolute Gasteiger partial charge is 0.489 e. The van der Waals surface area contributed by atoms with Gasteiger partial charge in [0, 0.05) is 26.8 Å². The van der Waals surface area contributed by atoms with E-state index in [-0.39, 0.29) is 6.10 Å². The van der Waals surface area contributed by atoms with Crippen LogP contribution in [0.1, 0.15) is 25.8 Å². The summed E-state index contributed by atoms with van der Waals surface area (Å²) in [7, 11) is 1.67. The first-order valence-electron chi connectivity index (χ1n) is 8.98. The van der Waals surface area contributed by atoms with E-state index in [4.69, 9.17) is 14.2 Å². The van der Waals surface area contributed by atoms with Crippen molar-refractivity contribution >= 4 is 5.96 Å². The molecule has 142 valence electrons. The van der Waals surface area contributed by atoms with Crippen LogP contribution in [0.4, 0.5) is 0 Å². The van der Waals surface area contributed by atoms with Crippen molar-refractivity contribution < 1.29 is 14.2 Å². The third-order valence-electron chi connectivity index (χ3n) is 3.46. The summed E-state index contributed by atoms with van der Waals surface area (Å²) >= 11 is 0. The molecule has 0 aliphatic heterocycles. The molecule has 1 unspecified atom stereocenters. The van der Waals surface area contributed by atoms with Gasteiger partial charge < -0.3 is 24.8 Å². The minimum absolute atomic E-state index is 0.00827. The molecule has 0 bridgehead atoms.